The van der Waals surface area contributed by atoms with Gasteiger partial charge in [0.25, 0.3) is 11.6 Å². The van der Waals surface area contributed by atoms with Crippen LogP contribution >= 0.6 is 0 Å². The lowest BCUT2D eigenvalue weighted by atomic mass is 10.1. The zero-order chi connectivity index (χ0) is 16.8. The predicted octanol–water partition coefficient (Wildman–Crippen LogP) is 2.88. The smallest absolute Gasteiger partial charge is 0.282 e. The first-order chi connectivity index (χ1) is 11.0. The van der Waals surface area contributed by atoms with E-state index in [4.69, 9.17) is 4.74 Å². The molecule has 0 aromatic heterocycles. The molecule has 0 heterocycles. The number of aryl methyl sites for hydroxylation is 1. The van der Waals surface area contributed by atoms with E-state index in [1.807, 2.05) is 31.2 Å². The van der Waals surface area contributed by atoms with Gasteiger partial charge in [-0.1, -0.05) is 29.8 Å². The molecule has 0 unspecified atom stereocenters. The molecule has 0 aliphatic carbocycles. The number of nitrogens with one attached hydrogen (secondary N) is 1. The molecule has 0 saturated heterocycles. The van der Waals surface area contributed by atoms with Crippen molar-refractivity contribution in [2.45, 2.75) is 13.3 Å². The number of carbonyl (C=O) groups excluding carboxylic acids is 1. The van der Waals surface area contributed by atoms with E-state index in [1.54, 1.807) is 0 Å². The van der Waals surface area contributed by atoms with Crippen molar-refractivity contribution in [1.82, 2.24) is 5.32 Å². The molecule has 0 atom stereocenters. The van der Waals surface area contributed by atoms with E-state index in [0.717, 1.165) is 11.1 Å². The Morgan fingerprint density at radius 3 is 2.70 bits per heavy atom. The number of rotatable bonds is 6. The van der Waals surface area contributed by atoms with Gasteiger partial charge in [0.1, 0.15) is 11.3 Å². The zero-order valence-corrected chi connectivity index (χ0v) is 13.0. The van der Waals surface area contributed by atoms with Crippen LogP contribution in [0.4, 0.5) is 5.69 Å². The third-order valence-electron chi connectivity index (χ3n) is 3.43. The van der Waals surface area contributed by atoms with Crippen molar-refractivity contribution in [2.75, 3.05) is 13.7 Å². The van der Waals surface area contributed by atoms with Gasteiger partial charge in [-0.25, -0.2) is 0 Å². The lowest BCUT2D eigenvalue weighted by molar-refractivity contribution is -0.385. The number of nitrogens with zero attached hydrogens (tertiary/aromatic N) is 1. The number of hydrogen-bond acceptors (Lipinski definition) is 4. The van der Waals surface area contributed by atoms with Gasteiger partial charge in [-0.05, 0) is 31.0 Å². The summed E-state index contributed by atoms with van der Waals surface area (Å²) in [6.45, 7) is 2.40. The zero-order valence-electron chi connectivity index (χ0n) is 13.0. The van der Waals surface area contributed by atoms with Gasteiger partial charge in [-0.15, -0.1) is 0 Å². The average Bonchev–Trinajstić information content (AvgIpc) is 2.54. The van der Waals surface area contributed by atoms with Crippen LogP contribution in [0.25, 0.3) is 0 Å². The van der Waals surface area contributed by atoms with E-state index in [0.29, 0.717) is 18.7 Å². The Morgan fingerprint density at radius 2 is 2.04 bits per heavy atom. The van der Waals surface area contributed by atoms with Gasteiger partial charge in [0.2, 0.25) is 0 Å². The molecule has 6 heteroatoms. The van der Waals surface area contributed by atoms with E-state index in [9.17, 15) is 14.9 Å². The molecule has 0 fully saturated rings. The quantitative estimate of drug-likeness (QED) is 0.656. The molecule has 2 rings (SSSR count). The highest BCUT2D eigenvalue weighted by atomic mass is 16.6. The van der Waals surface area contributed by atoms with E-state index in [1.165, 1.54) is 25.3 Å². The molecule has 2 aromatic rings. The Morgan fingerprint density at radius 1 is 1.26 bits per heavy atom. The molecule has 0 aliphatic heterocycles. The van der Waals surface area contributed by atoms with E-state index < -0.39 is 10.8 Å². The monoisotopic (exact) mass is 314 g/mol. The number of amides is 1. The number of ether oxygens (including phenoxy) is 1. The van der Waals surface area contributed by atoms with Crippen LogP contribution in [0.1, 0.15) is 21.5 Å². The highest BCUT2D eigenvalue weighted by Crippen LogP contribution is 2.23. The maximum Gasteiger partial charge on any atom is 0.282 e. The fraction of sp³-hybridized carbons (Fsp3) is 0.235. The molecule has 2 aromatic carbocycles. The molecule has 1 amide bonds. The lowest BCUT2D eigenvalue weighted by Gasteiger charge is -2.08. The first kappa shape index (κ1) is 16.5. The van der Waals surface area contributed by atoms with Gasteiger partial charge in [-0.3, -0.25) is 14.9 Å². The topological polar surface area (TPSA) is 81.5 Å². The summed E-state index contributed by atoms with van der Waals surface area (Å²) in [7, 11) is 1.45. The third kappa shape index (κ3) is 4.29. The molecule has 23 heavy (non-hydrogen) atoms. The fourth-order valence-corrected chi connectivity index (χ4v) is 2.27. The van der Waals surface area contributed by atoms with Crippen molar-refractivity contribution < 1.29 is 14.5 Å². The van der Waals surface area contributed by atoms with Crippen LogP contribution < -0.4 is 10.1 Å². The predicted molar refractivity (Wildman–Crippen MR) is 86.9 cm³/mol. The van der Waals surface area contributed by atoms with Gasteiger partial charge < -0.3 is 10.1 Å². The minimum absolute atomic E-state index is 0.00130. The van der Waals surface area contributed by atoms with E-state index in [-0.39, 0.29) is 11.3 Å². The van der Waals surface area contributed by atoms with Crippen molar-refractivity contribution >= 4 is 11.6 Å². The minimum atomic E-state index is -0.574. The standard InChI is InChI=1S/C17H18N2O4/c1-12-4-3-5-13(10-12)8-9-18-17(20)15-11-14(23-2)6-7-16(15)19(21)22/h3-7,10-11H,8-9H2,1-2H3,(H,18,20). The van der Waals surface area contributed by atoms with Crippen LogP contribution in [0, 0.1) is 17.0 Å². The highest BCUT2D eigenvalue weighted by Gasteiger charge is 2.20. The van der Waals surface area contributed by atoms with Gasteiger partial charge in [0, 0.05) is 12.6 Å². The molecular weight excluding hydrogens is 296 g/mol. The van der Waals surface area contributed by atoms with Gasteiger partial charge in [0.05, 0.1) is 12.0 Å². The van der Waals surface area contributed by atoms with Gasteiger partial charge >= 0.3 is 0 Å². The second-order valence-electron chi connectivity index (χ2n) is 5.14. The summed E-state index contributed by atoms with van der Waals surface area (Å²) >= 11 is 0. The number of nitro groups is 1. The van der Waals surface area contributed by atoms with Crippen molar-refractivity contribution in [1.29, 1.82) is 0 Å². The molecule has 1 N–H and O–H groups in total. The summed E-state index contributed by atoms with van der Waals surface area (Å²) in [4.78, 5) is 22.7. The minimum Gasteiger partial charge on any atom is -0.497 e. The molecule has 120 valence electrons. The van der Waals surface area contributed by atoms with Crippen LogP contribution in [0.3, 0.4) is 0 Å². The summed E-state index contributed by atoms with van der Waals surface area (Å²) in [5.74, 6) is -0.0808. The highest BCUT2D eigenvalue weighted by molar-refractivity contribution is 5.98. The number of carbonyl (C=O) groups is 1. The molecule has 0 saturated carbocycles. The Bertz CT molecular complexity index is 728. The van der Waals surface area contributed by atoms with Crippen LogP contribution in [-0.2, 0) is 6.42 Å². The molecule has 6 nitrogen and oxygen atoms in total. The van der Waals surface area contributed by atoms with Gasteiger partial charge in [-0.2, -0.15) is 0 Å². The first-order valence-corrected chi connectivity index (χ1v) is 7.17. The second kappa shape index (κ2) is 7.40. The Labute approximate surface area is 134 Å². The number of methoxy groups -OCH3 is 1. The average molecular weight is 314 g/mol. The first-order valence-electron chi connectivity index (χ1n) is 7.17. The second-order valence-corrected chi connectivity index (χ2v) is 5.14. The van der Waals surface area contributed by atoms with Gasteiger partial charge in [0.15, 0.2) is 0 Å². The lowest BCUT2D eigenvalue weighted by Crippen LogP contribution is -2.26. The fourth-order valence-electron chi connectivity index (χ4n) is 2.27. The van der Waals surface area contributed by atoms with Crippen molar-refractivity contribution in [3.63, 3.8) is 0 Å². The van der Waals surface area contributed by atoms with Crippen molar-refractivity contribution in [2.24, 2.45) is 0 Å². The molecule has 0 bridgehead atoms. The Kier molecular flexibility index (Phi) is 5.30. The maximum absolute atomic E-state index is 12.2. The SMILES string of the molecule is COc1ccc([N+](=O)[O-])c(C(=O)NCCc2cccc(C)c2)c1. The number of hydrogen-bond donors (Lipinski definition) is 1. The van der Waals surface area contributed by atoms with E-state index in [2.05, 4.69) is 5.32 Å². The summed E-state index contributed by atoms with van der Waals surface area (Å²) in [5, 5.41) is 13.8. The Balaban J connectivity index is 2.06. The maximum atomic E-state index is 12.2. The summed E-state index contributed by atoms with van der Waals surface area (Å²) in [5.41, 5.74) is 2.01. The number of nitro benzene ring substituents is 1. The van der Waals surface area contributed by atoms with Crippen molar-refractivity contribution in [3.05, 3.63) is 69.3 Å². The van der Waals surface area contributed by atoms with Crippen LogP contribution in [0.2, 0.25) is 0 Å². The summed E-state index contributed by atoms with van der Waals surface area (Å²) in [6.07, 6.45) is 0.658. The number of benzene rings is 2. The molecular formula is C17H18N2O4. The normalized spacial score (nSPS) is 10.2. The van der Waals surface area contributed by atoms with Crippen LogP contribution in [0.15, 0.2) is 42.5 Å². The van der Waals surface area contributed by atoms with Crippen LogP contribution in [0.5, 0.6) is 5.75 Å². The summed E-state index contributed by atoms with van der Waals surface area (Å²) < 4.78 is 5.02. The molecule has 0 radical (unpaired) electrons. The van der Waals surface area contributed by atoms with Crippen LogP contribution in [-0.4, -0.2) is 24.5 Å². The molecule has 0 spiro atoms. The largest absolute Gasteiger partial charge is 0.497 e. The third-order valence-corrected chi connectivity index (χ3v) is 3.43. The summed E-state index contributed by atoms with van der Waals surface area (Å²) in [6, 6.07) is 12.1. The van der Waals surface area contributed by atoms with Crippen molar-refractivity contribution in [3.8, 4) is 5.75 Å². The Hall–Kier alpha value is -2.89. The van der Waals surface area contributed by atoms with E-state index >= 15 is 0 Å². The molecule has 0 aliphatic rings.